The van der Waals surface area contributed by atoms with Gasteiger partial charge in [-0.3, -0.25) is 9.59 Å². The SMILES string of the molecule is COc1ccccc1C=NNC(=O)CC(=O)Nc1ccc(C)cc1C. The molecule has 0 fully saturated rings. The van der Waals surface area contributed by atoms with Crippen LogP contribution in [0.4, 0.5) is 5.69 Å². The highest BCUT2D eigenvalue weighted by molar-refractivity contribution is 6.04. The summed E-state index contributed by atoms with van der Waals surface area (Å²) in [4.78, 5) is 23.8. The first kappa shape index (κ1) is 18.2. The molecule has 2 aromatic carbocycles. The van der Waals surface area contributed by atoms with E-state index in [4.69, 9.17) is 4.74 Å². The molecule has 2 amide bonds. The quantitative estimate of drug-likeness (QED) is 0.482. The van der Waals surface area contributed by atoms with Gasteiger partial charge in [0.2, 0.25) is 11.8 Å². The van der Waals surface area contributed by atoms with E-state index >= 15 is 0 Å². The van der Waals surface area contributed by atoms with Crippen LogP contribution in [0.25, 0.3) is 0 Å². The third-order valence-electron chi connectivity index (χ3n) is 3.51. The lowest BCUT2D eigenvalue weighted by Crippen LogP contribution is -2.24. The molecule has 0 heterocycles. The average molecular weight is 339 g/mol. The first-order valence-corrected chi connectivity index (χ1v) is 7.81. The summed E-state index contributed by atoms with van der Waals surface area (Å²) in [5.74, 6) is -0.238. The molecular formula is C19H21N3O3. The summed E-state index contributed by atoms with van der Waals surface area (Å²) in [6, 6.07) is 13.0. The van der Waals surface area contributed by atoms with E-state index in [0.29, 0.717) is 11.4 Å². The topological polar surface area (TPSA) is 79.8 Å². The normalized spacial score (nSPS) is 10.5. The van der Waals surface area contributed by atoms with Crippen LogP contribution in [0.1, 0.15) is 23.1 Å². The summed E-state index contributed by atoms with van der Waals surface area (Å²) in [7, 11) is 1.56. The van der Waals surface area contributed by atoms with Gasteiger partial charge in [-0.2, -0.15) is 5.10 Å². The number of hydrogen-bond donors (Lipinski definition) is 2. The molecule has 0 atom stereocenters. The number of rotatable bonds is 6. The van der Waals surface area contributed by atoms with Crippen LogP contribution in [0.15, 0.2) is 47.6 Å². The van der Waals surface area contributed by atoms with Crippen LogP contribution in [0.2, 0.25) is 0 Å². The minimum Gasteiger partial charge on any atom is -0.496 e. The third kappa shape index (κ3) is 5.46. The van der Waals surface area contributed by atoms with E-state index in [2.05, 4.69) is 15.8 Å². The Bertz CT molecular complexity index is 800. The maximum Gasteiger partial charge on any atom is 0.249 e. The number of nitrogens with zero attached hydrogens (tertiary/aromatic N) is 1. The Kier molecular flexibility index (Phi) is 6.28. The molecule has 0 saturated heterocycles. The predicted molar refractivity (Wildman–Crippen MR) is 97.9 cm³/mol. The second kappa shape index (κ2) is 8.63. The number of benzene rings is 2. The number of nitrogens with one attached hydrogen (secondary N) is 2. The smallest absolute Gasteiger partial charge is 0.249 e. The van der Waals surface area contributed by atoms with Crippen LogP contribution >= 0.6 is 0 Å². The van der Waals surface area contributed by atoms with Gasteiger partial charge in [-0.25, -0.2) is 5.43 Å². The van der Waals surface area contributed by atoms with Crippen LogP contribution in [-0.4, -0.2) is 25.1 Å². The first-order valence-electron chi connectivity index (χ1n) is 7.81. The fraction of sp³-hybridized carbons (Fsp3) is 0.211. The zero-order valence-electron chi connectivity index (χ0n) is 14.5. The van der Waals surface area contributed by atoms with Crippen molar-refractivity contribution in [3.05, 3.63) is 59.2 Å². The van der Waals surface area contributed by atoms with Gasteiger partial charge < -0.3 is 10.1 Å². The molecule has 6 heteroatoms. The largest absolute Gasteiger partial charge is 0.496 e. The maximum atomic E-state index is 11.9. The summed E-state index contributed by atoms with van der Waals surface area (Å²) in [6.45, 7) is 3.88. The van der Waals surface area contributed by atoms with E-state index in [1.807, 2.05) is 44.2 Å². The van der Waals surface area contributed by atoms with Gasteiger partial charge in [-0.15, -0.1) is 0 Å². The molecule has 0 bridgehead atoms. The molecule has 2 N–H and O–H groups in total. The van der Waals surface area contributed by atoms with E-state index in [-0.39, 0.29) is 6.42 Å². The molecule has 0 unspecified atom stereocenters. The number of methoxy groups -OCH3 is 1. The summed E-state index contributed by atoms with van der Waals surface area (Å²) >= 11 is 0. The monoisotopic (exact) mass is 339 g/mol. The molecule has 0 aliphatic heterocycles. The van der Waals surface area contributed by atoms with Crippen molar-refractivity contribution in [1.82, 2.24) is 5.43 Å². The molecule has 0 saturated carbocycles. The zero-order valence-corrected chi connectivity index (χ0v) is 14.5. The molecule has 0 radical (unpaired) electrons. The van der Waals surface area contributed by atoms with Crippen LogP contribution in [0, 0.1) is 13.8 Å². The summed E-state index contributed by atoms with van der Waals surface area (Å²) in [6.07, 6.45) is 1.16. The van der Waals surface area contributed by atoms with Crippen molar-refractivity contribution in [3.8, 4) is 5.75 Å². The molecule has 2 rings (SSSR count). The average Bonchev–Trinajstić information content (AvgIpc) is 2.58. The Morgan fingerprint density at radius 3 is 2.60 bits per heavy atom. The molecule has 0 aliphatic rings. The van der Waals surface area contributed by atoms with Crippen LogP contribution in [0.5, 0.6) is 5.75 Å². The molecule has 0 aliphatic carbocycles. The Morgan fingerprint density at radius 2 is 1.88 bits per heavy atom. The Hall–Kier alpha value is -3.15. The van der Waals surface area contributed by atoms with Gasteiger partial charge in [-0.05, 0) is 37.6 Å². The summed E-state index contributed by atoms with van der Waals surface area (Å²) < 4.78 is 5.19. The van der Waals surface area contributed by atoms with E-state index in [0.717, 1.165) is 16.7 Å². The second-order valence-electron chi connectivity index (χ2n) is 5.58. The lowest BCUT2D eigenvalue weighted by Gasteiger charge is -2.08. The van der Waals surface area contributed by atoms with Gasteiger partial charge >= 0.3 is 0 Å². The molecular weight excluding hydrogens is 318 g/mol. The van der Waals surface area contributed by atoms with Gasteiger partial charge in [0.15, 0.2) is 0 Å². The fourth-order valence-electron chi connectivity index (χ4n) is 2.28. The molecule has 25 heavy (non-hydrogen) atoms. The molecule has 0 spiro atoms. The van der Waals surface area contributed by atoms with Gasteiger partial charge in [0, 0.05) is 11.3 Å². The number of hydrogen-bond acceptors (Lipinski definition) is 4. The van der Waals surface area contributed by atoms with Crippen molar-refractivity contribution in [2.24, 2.45) is 5.10 Å². The van der Waals surface area contributed by atoms with Gasteiger partial charge in [0.05, 0.1) is 13.3 Å². The third-order valence-corrected chi connectivity index (χ3v) is 3.51. The lowest BCUT2D eigenvalue weighted by molar-refractivity contribution is -0.126. The van der Waals surface area contributed by atoms with Gasteiger partial charge in [0.1, 0.15) is 12.2 Å². The molecule has 0 aromatic heterocycles. The predicted octanol–water partition coefficient (Wildman–Crippen LogP) is 2.79. The number of para-hydroxylation sites is 1. The Balaban J connectivity index is 1.87. The van der Waals surface area contributed by atoms with E-state index < -0.39 is 11.8 Å². The van der Waals surface area contributed by atoms with E-state index in [9.17, 15) is 9.59 Å². The highest BCUT2D eigenvalue weighted by Gasteiger charge is 2.10. The first-order chi connectivity index (χ1) is 12.0. The van der Waals surface area contributed by atoms with Gasteiger partial charge in [0.25, 0.3) is 0 Å². The summed E-state index contributed by atoms with van der Waals surface area (Å²) in [5, 5.41) is 6.58. The van der Waals surface area contributed by atoms with Crippen molar-refractivity contribution in [3.63, 3.8) is 0 Å². The van der Waals surface area contributed by atoms with Crippen molar-refractivity contribution in [2.45, 2.75) is 20.3 Å². The van der Waals surface area contributed by atoms with E-state index in [1.54, 1.807) is 19.2 Å². The Morgan fingerprint density at radius 1 is 1.12 bits per heavy atom. The van der Waals surface area contributed by atoms with Crippen molar-refractivity contribution < 1.29 is 14.3 Å². The number of anilines is 1. The highest BCUT2D eigenvalue weighted by atomic mass is 16.5. The van der Waals surface area contributed by atoms with Crippen LogP contribution < -0.4 is 15.5 Å². The number of aryl methyl sites for hydroxylation is 2. The van der Waals surface area contributed by atoms with Crippen LogP contribution in [-0.2, 0) is 9.59 Å². The minimum atomic E-state index is -0.492. The van der Waals surface area contributed by atoms with Crippen molar-refractivity contribution >= 4 is 23.7 Å². The molecule has 6 nitrogen and oxygen atoms in total. The molecule has 2 aromatic rings. The van der Waals surface area contributed by atoms with Crippen LogP contribution in [0.3, 0.4) is 0 Å². The van der Waals surface area contributed by atoms with Crippen molar-refractivity contribution in [2.75, 3.05) is 12.4 Å². The number of carbonyl (C=O) groups is 2. The Labute approximate surface area is 146 Å². The standard InChI is InChI=1S/C19H21N3O3/c1-13-8-9-16(14(2)10-13)21-18(23)11-19(24)22-20-12-15-6-4-5-7-17(15)25-3/h4-10,12H,11H2,1-3H3,(H,21,23)(H,22,24). The molecule has 130 valence electrons. The number of carbonyl (C=O) groups excluding carboxylic acids is 2. The summed E-state index contributed by atoms with van der Waals surface area (Å²) in [5.41, 5.74) is 5.82. The number of hydrazone groups is 1. The van der Waals surface area contributed by atoms with Gasteiger partial charge in [-0.1, -0.05) is 29.8 Å². The van der Waals surface area contributed by atoms with Crippen molar-refractivity contribution in [1.29, 1.82) is 0 Å². The minimum absolute atomic E-state index is 0.309. The lowest BCUT2D eigenvalue weighted by atomic mass is 10.1. The number of ether oxygens (including phenoxy) is 1. The number of amides is 2. The highest BCUT2D eigenvalue weighted by Crippen LogP contribution is 2.16. The maximum absolute atomic E-state index is 11.9. The van der Waals surface area contributed by atoms with E-state index in [1.165, 1.54) is 6.21 Å². The zero-order chi connectivity index (χ0) is 18.2. The fourth-order valence-corrected chi connectivity index (χ4v) is 2.28. The second-order valence-corrected chi connectivity index (χ2v) is 5.58.